The molecule has 0 unspecified atom stereocenters. The number of nitrogens with one attached hydrogen (secondary N) is 1. The first-order valence-electron chi connectivity index (χ1n) is 12.5. The first-order chi connectivity index (χ1) is 17.5. The van der Waals surface area contributed by atoms with Crippen LogP contribution in [-0.2, 0) is 9.47 Å². The Morgan fingerprint density at radius 3 is 2.65 bits per heavy atom. The van der Waals surface area contributed by atoms with Crippen LogP contribution in [0.4, 0.5) is 14.9 Å². The van der Waals surface area contributed by atoms with Crippen molar-refractivity contribution in [3.05, 3.63) is 33.9 Å². The fourth-order valence-electron chi connectivity index (χ4n) is 5.55. The molecule has 1 amide bonds. The van der Waals surface area contributed by atoms with Crippen LogP contribution < -0.4 is 20.5 Å². The van der Waals surface area contributed by atoms with Gasteiger partial charge in [0.15, 0.2) is 11.6 Å². The molecule has 37 heavy (non-hydrogen) atoms. The van der Waals surface area contributed by atoms with E-state index in [0.717, 1.165) is 26.4 Å². The Kier molecular flexibility index (Phi) is 6.09. The van der Waals surface area contributed by atoms with E-state index in [4.69, 9.17) is 14.2 Å². The molecule has 5 rings (SSSR count). The second kappa shape index (κ2) is 8.90. The smallest absolute Gasteiger partial charge is 0.408 e. The number of rotatable bonds is 5. The molecule has 11 heteroatoms. The van der Waals surface area contributed by atoms with Crippen LogP contribution in [0.1, 0.15) is 56.4 Å². The highest BCUT2D eigenvalue weighted by atomic mass is 19.1. The lowest BCUT2D eigenvalue weighted by atomic mass is 9.96. The summed E-state index contributed by atoms with van der Waals surface area (Å²) in [5, 5.41) is 13.2. The highest BCUT2D eigenvalue weighted by Gasteiger charge is 2.53. The van der Waals surface area contributed by atoms with Crippen LogP contribution in [0.3, 0.4) is 0 Å². The number of esters is 1. The lowest BCUT2D eigenvalue weighted by molar-refractivity contribution is 0.0476. The van der Waals surface area contributed by atoms with Gasteiger partial charge in [-0.25, -0.2) is 14.0 Å². The summed E-state index contributed by atoms with van der Waals surface area (Å²) < 4.78 is 33.1. The van der Waals surface area contributed by atoms with Gasteiger partial charge < -0.3 is 29.5 Å². The van der Waals surface area contributed by atoms with Crippen LogP contribution in [-0.4, -0.2) is 66.3 Å². The van der Waals surface area contributed by atoms with Crippen molar-refractivity contribution in [3.63, 3.8) is 0 Å². The molecule has 2 N–H and O–H groups in total. The third kappa shape index (κ3) is 4.39. The van der Waals surface area contributed by atoms with Gasteiger partial charge in [0, 0.05) is 29.9 Å². The molecule has 0 radical (unpaired) electrons. The van der Waals surface area contributed by atoms with Crippen LogP contribution in [0.5, 0.6) is 5.75 Å². The number of hydrogen-bond acceptors (Lipinski definition) is 8. The Labute approximate surface area is 213 Å². The Balaban J connectivity index is 1.50. The topological polar surface area (TPSA) is 119 Å². The van der Waals surface area contributed by atoms with Crippen molar-refractivity contribution >= 4 is 28.7 Å². The standard InChI is InChI=1S/C26H32FN3O7/c1-25(2,3)37-24(34)28-26(6-7-26)15-5-8-29(11-15)20-18(27)10-14-9-17(23(33)35-4)22(32)30-16(12-31)13-36-21(20)19(14)30/h9-10,15-16,31H,5-8,11-13H2,1-4H3,(H,28,34)/t15-,16+/m1/s1. The monoisotopic (exact) mass is 517 g/mol. The summed E-state index contributed by atoms with van der Waals surface area (Å²) in [4.78, 5) is 39.8. The van der Waals surface area contributed by atoms with Gasteiger partial charge in [-0.05, 0) is 52.2 Å². The Hall–Kier alpha value is -3.34. The van der Waals surface area contributed by atoms with E-state index in [9.17, 15) is 19.5 Å². The number of benzene rings is 1. The van der Waals surface area contributed by atoms with Gasteiger partial charge in [-0.2, -0.15) is 0 Å². The van der Waals surface area contributed by atoms with Gasteiger partial charge in [0.25, 0.3) is 5.56 Å². The van der Waals surface area contributed by atoms with E-state index in [0.29, 0.717) is 24.0 Å². The number of aliphatic hydroxyl groups is 1. The molecule has 1 aliphatic carbocycles. The molecule has 0 bridgehead atoms. The van der Waals surface area contributed by atoms with E-state index < -0.39 is 41.7 Å². The average molecular weight is 518 g/mol. The Bertz CT molecular complexity index is 1330. The first kappa shape index (κ1) is 25.3. The van der Waals surface area contributed by atoms with Crippen molar-refractivity contribution in [2.24, 2.45) is 5.92 Å². The molecule has 10 nitrogen and oxygen atoms in total. The number of aliphatic hydroxyl groups excluding tert-OH is 1. The van der Waals surface area contributed by atoms with Crippen LogP contribution in [0.2, 0.25) is 0 Å². The highest BCUT2D eigenvalue weighted by Crippen LogP contribution is 2.49. The van der Waals surface area contributed by atoms with Gasteiger partial charge in [-0.3, -0.25) is 9.36 Å². The third-order valence-electron chi connectivity index (χ3n) is 7.43. The Morgan fingerprint density at radius 1 is 1.30 bits per heavy atom. The van der Waals surface area contributed by atoms with Crippen molar-refractivity contribution in [2.75, 3.05) is 38.3 Å². The number of anilines is 1. The third-order valence-corrected chi connectivity index (χ3v) is 7.43. The van der Waals surface area contributed by atoms with Crippen LogP contribution in [0.25, 0.3) is 10.9 Å². The van der Waals surface area contributed by atoms with Gasteiger partial charge in [-0.15, -0.1) is 0 Å². The number of halogens is 1. The summed E-state index contributed by atoms with van der Waals surface area (Å²) in [5.74, 6) is -1.09. The van der Waals surface area contributed by atoms with Crippen molar-refractivity contribution < 1.29 is 33.3 Å². The number of carbonyl (C=O) groups excluding carboxylic acids is 2. The summed E-state index contributed by atoms with van der Waals surface area (Å²) in [6, 6.07) is 1.85. The summed E-state index contributed by atoms with van der Waals surface area (Å²) in [6.07, 6.45) is 1.92. The molecule has 3 heterocycles. The molecule has 0 spiro atoms. The van der Waals surface area contributed by atoms with E-state index in [1.54, 1.807) is 0 Å². The number of amides is 1. The highest BCUT2D eigenvalue weighted by molar-refractivity contribution is 5.98. The first-order valence-corrected chi connectivity index (χ1v) is 12.5. The van der Waals surface area contributed by atoms with Gasteiger partial charge >= 0.3 is 12.1 Å². The fraction of sp³-hybridized carbons (Fsp3) is 0.577. The number of aromatic nitrogens is 1. The quantitative estimate of drug-likeness (QED) is 0.581. The number of alkyl carbamates (subject to hydrolysis) is 1. The van der Waals surface area contributed by atoms with Crippen molar-refractivity contribution in [2.45, 2.75) is 57.2 Å². The van der Waals surface area contributed by atoms with Gasteiger partial charge in [0.2, 0.25) is 0 Å². The minimum absolute atomic E-state index is 0.0546. The van der Waals surface area contributed by atoms with E-state index >= 15 is 4.39 Å². The minimum Gasteiger partial charge on any atom is -0.487 e. The van der Waals surface area contributed by atoms with Gasteiger partial charge in [-0.1, -0.05) is 0 Å². The second-order valence-electron chi connectivity index (χ2n) is 11.1. The summed E-state index contributed by atoms with van der Waals surface area (Å²) in [6.45, 7) is 6.01. The lowest BCUT2D eigenvalue weighted by Crippen LogP contribution is -2.46. The molecule has 2 atom stereocenters. The zero-order valence-electron chi connectivity index (χ0n) is 21.4. The average Bonchev–Trinajstić information content (AvgIpc) is 3.43. The van der Waals surface area contributed by atoms with Gasteiger partial charge in [0.05, 0.1) is 25.3 Å². The minimum atomic E-state index is -0.834. The number of pyridine rings is 1. The summed E-state index contributed by atoms with van der Waals surface area (Å²) in [5.41, 5.74) is -1.29. The van der Waals surface area contributed by atoms with Crippen LogP contribution in [0, 0.1) is 11.7 Å². The van der Waals surface area contributed by atoms with E-state index in [-0.39, 0.29) is 35.1 Å². The summed E-state index contributed by atoms with van der Waals surface area (Å²) >= 11 is 0. The van der Waals surface area contributed by atoms with Gasteiger partial charge in [0.1, 0.15) is 23.5 Å². The predicted octanol–water partition coefficient (Wildman–Crippen LogP) is 2.74. The van der Waals surface area contributed by atoms with Crippen LogP contribution >= 0.6 is 0 Å². The van der Waals surface area contributed by atoms with Crippen LogP contribution in [0.15, 0.2) is 16.9 Å². The molecule has 1 saturated heterocycles. The van der Waals surface area contributed by atoms with E-state index in [1.807, 2.05) is 25.7 Å². The number of hydrogen-bond donors (Lipinski definition) is 2. The van der Waals surface area contributed by atoms with Crippen molar-refractivity contribution in [1.82, 2.24) is 9.88 Å². The molecule has 2 aliphatic heterocycles. The molecular weight excluding hydrogens is 485 g/mol. The molecule has 1 aromatic heterocycles. The number of nitrogens with zero attached hydrogens (tertiary/aromatic N) is 2. The second-order valence-corrected chi connectivity index (χ2v) is 11.1. The fourth-order valence-corrected chi connectivity index (χ4v) is 5.55. The maximum atomic E-state index is 15.6. The molecule has 2 aromatic rings. The molecule has 1 saturated carbocycles. The SMILES string of the molecule is COC(=O)c1cc2cc(F)c(N3CC[C@@H](C4(NC(=O)OC(C)(C)C)CC4)C3)c3c2n(c1=O)[C@@H](CO)CO3. The molecule has 3 aliphatic rings. The summed E-state index contributed by atoms with van der Waals surface area (Å²) in [7, 11) is 1.16. The molecule has 200 valence electrons. The molecule has 2 fully saturated rings. The largest absolute Gasteiger partial charge is 0.487 e. The molecule has 1 aromatic carbocycles. The van der Waals surface area contributed by atoms with Crippen molar-refractivity contribution in [1.29, 1.82) is 0 Å². The van der Waals surface area contributed by atoms with Crippen molar-refractivity contribution in [3.8, 4) is 5.75 Å². The van der Waals surface area contributed by atoms with E-state index in [1.165, 1.54) is 16.7 Å². The zero-order chi connectivity index (χ0) is 26.7. The number of carbonyl (C=O) groups is 2. The van der Waals surface area contributed by atoms with E-state index in [2.05, 4.69) is 5.32 Å². The molecular formula is C26H32FN3O7. The maximum absolute atomic E-state index is 15.6. The number of ether oxygens (including phenoxy) is 3. The Morgan fingerprint density at radius 2 is 2.03 bits per heavy atom. The maximum Gasteiger partial charge on any atom is 0.408 e. The normalized spacial score (nSPS) is 21.9. The lowest BCUT2D eigenvalue weighted by Gasteiger charge is -2.32. The number of methoxy groups -OCH3 is 1. The zero-order valence-corrected chi connectivity index (χ0v) is 21.4. The predicted molar refractivity (Wildman–Crippen MR) is 133 cm³/mol.